The van der Waals surface area contributed by atoms with E-state index in [0.29, 0.717) is 16.7 Å². The normalized spacial score (nSPS) is 14.4. The zero-order valence-corrected chi connectivity index (χ0v) is 22.1. The summed E-state index contributed by atoms with van der Waals surface area (Å²) in [7, 11) is 1.43. The second-order valence-corrected chi connectivity index (χ2v) is 9.20. The van der Waals surface area contributed by atoms with Crippen molar-refractivity contribution in [2.45, 2.75) is 6.61 Å². The van der Waals surface area contributed by atoms with Crippen molar-refractivity contribution in [3.05, 3.63) is 91.9 Å². The number of nitrogens with zero attached hydrogens (tertiary/aromatic N) is 2. The van der Waals surface area contributed by atoms with Crippen molar-refractivity contribution in [2.75, 3.05) is 12.0 Å². The van der Waals surface area contributed by atoms with Crippen molar-refractivity contribution in [3.8, 4) is 17.6 Å². The smallest absolute Gasteiger partial charge is 0.270 e. The highest BCUT2D eigenvalue weighted by Gasteiger charge is 2.35. The summed E-state index contributed by atoms with van der Waals surface area (Å²) in [5.41, 5.74) is 1.57. The number of rotatable bonds is 6. The first-order valence-electron chi connectivity index (χ1n) is 10.6. The molecule has 1 aliphatic heterocycles. The molecule has 0 unspecified atom stereocenters. The molecule has 0 aliphatic carbocycles. The maximum atomic E-state index is 13.3. The molecule has 3 aromatic carbocycles. The van der Waals surface area contributed by atoms with Gasteiger partial charge in [-0.1, -0.05) is 59.1 Å². The largest absolute Gasteiger partial charge is 0.493 e. The fourth-order valence-corrected chi connectivity index (χ4v) is 4.50. The summed E-state index contributed by atoms with van der Waals surface area (Å²) in [6.07, 6.45) is 1.36. The topological polar surface area (TPSA) is 91.7 Å². The van der Waals surface area contributed by atoms with Gasteiger partial charge in [-0.15, -0.1) is 0 Å². The van der Waals surface area contributed by atoms with Gasteiger partial charge in [0.25, 0.3) is 11.8 Å². The van der Waals surface area contributed by atoms with Crippen molar-refractivity contribution < 1.29 is 19.1 Å². The molecular formula is C26H16Cl3N3O4S. The Kier molecular flexibility index (Phi) is 8.00. The number of thiocarbonyl (C=S) groups is 1. The molecule has 1 fully saturated rings. The number of amides is 2. The third kappa shape index (κ3) is 5.41. The molecule has 0 bridgehead atoms. The van der Waals surface area contributed by atoms with Crippen LogP contribution in [-0.4, -0.2) is 24.0 Å². The summed E-state index contributed by atoms with van der Waals surface area (Å²) in [4.78, 5) is 27.1. The molecule has 186 valence electrons. The van der Waals surface area contributed by atoms with Gasteiger partial charge in [-0.05, 0) is 54.2 Å². The Morgan fingerprint density at radius 2 is 1.84 bits per heavy atom. The lowest BCUT2D eigenvalue weighted by molar-refractivity contribution is -0.122. The summed E-state index contributed by atoms with van der Waals surface area (Å²) in [6, 6.07) is 16.9. The predicted octanol–water partition coefficient (Wildman–Crippen LogP) is 5.94. The van der Waals surface area contributed by atoms with E-state index in [9.17, 15) is 14.9 Å². The number of hydrogen-bond acceptors (Lipinski definition) is 6. The molecule has 0 spiro atoms. The van der Waals surface area contributed by atoms with Gasteiger partial charge in [-0.2, -0.15) is 5.26 Å². The van der Waals surface area contributed by atoms with Crippen LogP contribution in [0.25, 0.3) is 6.08 Å². The van der Waals surface area contributed by atoms with Crippen molar-refractivity contribution in [2.24, 2.45) is 0 Å². The fraction of sp³-hybridized carbons (Fsp3) is 0.0769. The molecule has 7 nitrogen and oxygen atoms in total. The van der Waals surface area contributed by atoms with E-state index in [2.05, 4.69) is 11.4 Å². The van der Waals surface area contributed by atoms with Gasteiger partial charge in [0.1, 0.15) is 12.2 Å². The summed E-state index contributed by atoms with van der Waals surface area (Å²) in [5.74, 6) is -0.871. The van der Waals surface area contributed by atoms with Gasteiger partial charge in [0.05, 0.1) is 39.5 Å². The molecule has 0 aromatic heterocycles. The van der Waals surface area contributed by atoms with Gasteiger partial charge in [0.2, 0.25) is 0 Å². The molecule has 0 atom stereocenters. The standard InChI is InChI=1S/C26H16Cl3N3O4S/c1-35-21-11-14(10-19(28)23(21)36-13-16-6-3-2-5-15(16)12-30)9-17-24(33)31-26(37)32(25(17)34)20-8-4-7-18(27)22(20)29/h2-11H,13H2,1H3,(H,31,33,37)/b17-9+. The van der Waals surface area contributed by atoms with Gasteiger partial charge in [-0.25, -0.2) is 0 Å². The maximum absolute atomic E-state index is 13.3. The van der Waals surface area contributed by atoms with E-state index in [1.54, 1.807) is 48.5 Å². The average Bonchev–Trinajstić information content (AvgIpc) is 2.88. The number of halogens is 3. The molecule has 0 radical (unpaired) electrons. The molecule has 1 aliphatic rings. The van der Waals surface area contributed by atoms with Crippen LogP contribution in [0.1, 0.15) is 16.7 Å². The van der Waals surface area contributed by atoms with Crippen LogP contribution < -0.4 is 19.7 Å². The Morgan fingerprint density at radius 3 is 2.57 bits per heavy atom. The van der Waals surface area contributed by atoms with Crippen LogP contribution in [0.2, 0.25) is 15.1 Å². The van der Waals surface area contributed by atoms with Gasteiger partial charge in [-0.3, -0.25) is 19.8 Å². The molecule has 3 aromatic rings. The number of anilines is 1. The number of carbonyl (C=O) groups excluding carboxylic acids is 2. The SMILES string of the molecule is COc1cc(/C=C2\C(=O)NC(=S)N(c3cccc(Cl)c3Cl)C2=O)cc(Cl)c1OCc1ccccc1C#N. The van der Waals surface area contributed by atoms with Crippen LogP contribution in [0, 0.1) is 11.3 Å². The zero-order valence-electron chi connectivity index (χ0n) is 19.1. The van der Waals surface area contributed by atoms with E-state index >= 15 is 0 Å². The minimum Gasteiger partial charge on any atom is -0.493 e. The first kappa shape index (κ1) is 26.5. The third-order valence-corrected chi connectivity index (χ3v) is 6.72. The molecule has 1 N–H and O–H groups in total. The van der Waals surface area contributed by atoms with E-state index in [4.69, 9.17) is 56.5 Å². The molecule has 0 saturated carbocycles. The van der Waals surface area contributed by atoms with Crippen LogP contribution >= 0.6 is 47.0 Å². The number of methoxy groups -OCH3 is 1. The van der Waals surface area contributed by atoms with Gasteiger partial charge >= 0.3 is 0 Å². The lowest BCUT2D eigenvalue weighted by atomic mass is 10.1. The lowest BCUT2D eigenvalue weighted by Crippen LogP contribution is -2.54. The van der Waals surface area contributed by atoms with Crippen LogP contribution in [0.3, 0.4) is 0 Å². The summed E-state index contributed by atoms with van der Waals surface area (Å²) in [5, 5.41) is 12.2. The molecule has 2 amide bonds. The Labute approximate surface area is 232 Å². The minimum atomic E-state index is -0.693. The number of benzene rings is 3. The van der Waals surface area contributed by atoms with E-state index in [1.165, 1.54) is 19.3 Å². The Balaban J connectivity index is 1.67. The van der Waals surface area contributed by atoms with Crippen molar-refractivity contribution in [3.63, 3.8) is 0 Å². The summed E-state index contributed by atoms with van der Waals surface area (Å²) in [6.45, 7) is 0.0773. The molecule has 1 heterocycles. The molecule has 1 saturated heterocycles. The van der Waals surface area contributed by atoms with E-state index in [-0.39, 0.29) is 49.5 Å². The van der Waals surface area contributed by atoms with E-state index in [0.717, 1.165) is 4.90 Å². The zero-order chi connectivity index (χ0) is 26.7. The van der Waals surface area contributed by atoms with Gasteiger partial charge in [0, 0.05) is 5.56 Å². The summed E-state index contributed by atoms with van der Waals surface area (Å²) < 4.78 is 11.3. The third-order valence-electron chi connectivity index (χ3n) is 5.35. The number of nitriles is 1. The first-order valence-corrected chi connectivity index (χ1v) is 12.1. The maximum Gasteiger partial charge on any atom is 0.270 e. The van der Waals surface area contributed by atoms with Crippen molar-refractivity contribution in [1.82, 2.24) is 5.32 Å². The molecular weight excluding hydrogens is 557 g/mol. The van der Waals surface area contributed by atoms with Gasteiger partial charge in [0.15, 0.2) is 16.6 Å². The molecule has 4 rings (SSSR count). The lowest BCUT2D eigenvalue weighted by Gasteiger charge is -2.29. The van der Waals surface area contributed by atoms with Crippen molar-refractivity contribution >= 4 is 75.7 Å². The molecule has 11 heteroatoms. The number of hydrogen-bond donors (Lipinski definition) is 1. The number of ether oxygens (including phenoxy) is 2. The Morgan fingerprint density at radius 1 is 1.08 bits per heavy atom. The minimum absolute atomic E-state index is 0.0773. The highest BCUT2D eigenvalue weighted by atomic mass is 35.5. The number of carbonyl (C=O) groups is 2. The summed E-state index contributed by atoms with van der Waals surface area (Å²) >= 11 is 24.1. The van der Waals surface area contributed by atoms with Crippen molar-refractivity contribution in [1.29, 1.82) is 5.26 Å². The van der Waals surface area contributed by atoms with Crippen LogP contribution in [-0.2, 0) is 16.2 Å². The quantitative estimate of drug-likeness (QED) is 0.223. The highest BCUT2D eigenvalue weighted by Crippen LogP contribution is 2.38. The monoisotopic (exact) mass is 571 g/mol. The number of nitrogens with one attached hydrogen (secondary N) is 1. The van der Waals surface area contributed by atoms with E-state index in [1.807, 2.05) is 0 Å². The van der Waals surface area contributed by atoms with E-state index < -0.39 is 11.8 Å². The Hall–Kier alpha value is -3.61. The molecule has 37 heavy (non-hydrogen) atoms. The van der Waals surface area contributed by atoms with Crippen LogP contribution in [0.15, 0.2) is 60.2 Å². The second kappa shape index (κ2) is 11.2. The first-order chi connectivity index (χ1) is 17.7. The van der Waals surface area contributed by atoms with Crippen LogP contribution in [0.5, 0.6) is 11.5 Å². The van der Waals surface area contributed by atoms with Gasteiger partial charge < -0.3 is 9.47 Å². The second-order valence-electron chi connectivity index (χ2n) is 7.62. The fourth-order valence-electron chi connectivity index (χ4n) is 3.58. The predicted molar refractivity (Wildman–Crippen MR) is 146 cm³/mol. The van der Waals surface area contributed by atoms with Crippen LogP contribution in [0.4, 0.5) is 5.69 Å². The highest BCUT2D eigenvalue weighted by molar-refractivity contribution is 7.80. The average molecular weight is 573 g/mol. The Bertz CT molecular complexity index is 1520.